The van der Waals surface area contributed by atoms with E-state index in [1.54, 1.807) is 11.6 Å². The standard InChI is InChI=1S/C15H13N3O6S2/c1-23-12-3-2-10(26(16,21)22)7-11(12)14(20)24-8-9-6-13(19)18-4-5-25-15(18)17-9/h2-7H,8H2,1H3,(H2,16,21,22). The molecule has 26 heavy (non-hydrogen) atoms. The molecule has 2 N–H and O–H groups in total. The number of nitrogens with two attached hydrogens (primary N) is 1. The third-order valence-electron chi connectivity index (χ3n) is 3.43. The molecule has 0 unspecified atom stereocenters. The fourth-order valence-corrected chi connectivity index (χ4v) is 3.48. The zero-order valence-electron chi connectivity index (χ0n) is 13.4. The molecule has 0 atom stereocenters. The van der Waals surface area contributed by atoms with Gasteiger partial charge in [-0.1, -0.05) is 0 Å². The Morgan fingerprint density at radius 3 is 2.81 bits per heavy atom. The van der Waals surface area contributed by atoms with Crippen molar-refractivity contribution in [3.8, 4) is 5.75 Å². The summed E-state index contributed by atoms with van der Waals surface area (Å²) < 4.78 is 34.5. The highest BCUT2D eigenvalue weighted by Crippen LogP contribution is 2.23. The van der Waals surface area contributed by atoms with Crippen LogP contribution in [0.3, 0.4) is 0 Å². The molecular formula is C15H13N3O6S2. The zero-order valence-corrected chi connectivity index (χ0v) is 15.0. The smallest absolute Gasteiger partial charge is 0.342 e. The van der Waals surface area contributed by atoms with Crippen LogP contribution in [0.2, 0.25) is 0 Å². The number of benzene rings is 1. The average molecular weight is 395 g/mol. The number of aromatic nitrogens is 2. The van der Waals surface area contributed by atoms with Crippen molar-refractivity contribution in [2.75, 3.05) is 7.11 Å². The van der Waals surface area contributed by atoms with Crippen molar-refractivity contribution in [3.05, 3.63) is 57.5 Å². The van der Waals surface area contributed by atoms with Crippen molar-refractivity contribution < 1.29 is 22.7 Å². The minimum absolute atomic E-state index is 0.104. The number of primary sulfonamides is 1. The fraction of sp³-hybridized carbons (Fsp3) is 0.133. The first-order valence-electron chi connectivity index (χ1n) is 7.13. The van der Waals surface area contributed by atoms with Crippen LogP contribution in [-0.4, -0.2) is 30.9 Å². The van der Waals surface area contributed by atoms with Gasteiger partial charge in [-0.15, -0.1) is 11.3 Å². The van der Waals surface area contributed by atoms with Crippen molar-refractivity contribution in [2.45, 2.75) is 11.5 Å². The van der Waals surface area contributed by atoms with E-state index in [1.807, 2.05) is 0 Å². The number of rotatable bonds is 5. The predicted molar refractivity (Wildman–Crippen MR) is 92.8 cm³/mol. The van der Waals surface area contributed by atoms with Crippen LogP contribution >= 0.6 is 11.3 Å². The van der Waals surface area contributed by atoms with Crippen molar-refractivity contribution in [2.24, 2.45) is 5.14 Å². The lowest BCUT2D eigenvalue weighted by Crippen LogP contribution is -2.16. The molecule has 136 valence electrons. The number of fused-ring (bicyclic) bond motifs is 1. The highest BCUT2D eigenvalue weighted by molar-refractivity contribution is 7.89. The van der Waals surface area contributed by atoms with E-state index in [0.29, 0.717) is 4.96 Å². The molecule has 9 nitrogen and oxygen atoms in total. The third-order valence-corrected chi connectivity index (χ3v) is 5.09. The van der Waals surface area contributed by atoms with Crippen LogP contribution in [0.15, 0.2) is 45.5 Å². The Morgan fingerprint density at radius 1 is 1.35 bits per heavy atom. The van der Waals surface area contributed by atoms with Gasteiger partial charge in [0.25, 0.3) is 5.56 Å². The first-order chi connectivity index (χ1) is 12.3. The average Bonchev–Trinajstić information content (AvgIpc) is 3.07. The predicted octanol–water partition coefficient (Wildman–Crippen LogP) is 0.769. The number of sulfonamides is 1. The van der Waals surface area contributed by atoms with E-state index in [1.165, 1.54) is 41.0 Å². The lowest BCUT2D eigenvalue weighted by molar-refractivity contribution is 0.0464. The molecule has 2 heterocycles. The maximum absolute atomic E-state index is 12.3. The topological polar surface area (TPSA) is 130 Å². The summed E-state index contributed by atoms with van der Waals surface area (Å²) in [6.45, 7) is -0.259. The monoisotopic (exact) mass is 395 g/mol. The van der Waals surface area contributed by atoms with Crippen LogP contribution in [0, 0.1) is 0 Å². The molecule has 3 aromatic rings. The van der Waals surface area contributed by atoms with E-state index in [9.17, 15) is 18.0 Å². The summed E-state index contributed by atoms with van der Waals surface area (Å²) in [5, 5.41) is 6.79. The Morgan fingerprint density at radius 2 is 2.12 bits per heavy atom. The first kappa shape index (κ1) is 18.0. The summed E-state index contributed by atoms with van der Waals surface area (Å²) in [6.07, 6.45) is 1.59. The van der Waals surface area contributed by atoms with Gasteiger partial charge < -0.3 is 9.47 Å². The van der Waals surface area contributed by atoms with Gasteiger partial charge >= 0.3 is 5.97 Å². The van der Waals surface area contributed by atoms with Crippen LogP contribution in [0.25, 0.3) is 4.96 Å². The normalized spacial score (nSPS) is 11.5. The molecule has 2 aromatic heterocycles. The molecule has 0 spiro atoms. The molecule has 1 aromatic carbocycles. The minimum atomic E-state index is -3.99. The Labute approximate surface area is 151 Å². The fourth-order valence-electron chi connectivity index (χ4n) is 2.20. The van der Waals surface area contributed by atoms with Gasteiger partial charge in [0.05, 0.1) is 17.7 Å². The molecule has 0 fully saturated rings. The molecule has 0 amide bonds. The number of carbonyl (C=O) groups excluding carboxylic acids is 1. The summed E-state index contributed by atoms with van der Waals surface area (Å²) >= 11 is 1.27. The highest BCUT2D eigenvalue weighted by Gasteiger charge is 2.19. The van der Waals surface area contributed by atoms with Crippen LogP contribution in [0.5, 0.6) is 5.75 Å². The quantitative estimate of drug-likeness (QED) is 0.631. The van der Waals surface area contributed by atoms with Crippen LogP contribution in [0.1, 0.15) is 16.1 Å². The molecule has 0 saturated carbocycles. The highest BCUT2D eigenvalue weighted by atomic mass is 32.2. The van der Waals surface area contributed by atoms with E-state index in [0.717, 1.165) is 6.07 Å². The van der Waals surface area contributed by atoms with Crippen molar-refractivity contribution in [1.82, 2.24) is 9.38 Å². The zero-order chi connectivity index (χ0) is 18.9. The van der Waals surface area contributed by atoms with Gasteiger partial charge in [-0.25, -0.2) is 23.3 Å². The van der Waals surface area contributed by atoms with Crippen molar-refractivity contribution in [3.63, 3.8) is 0 Å². The molecular weight excluding hydrogens is 382 g/mol. The van der Waals surface area contributed by atoms with Crippen molar-refractivity contribution in [1.29, 1.82) is 0 Å². The van der Waals surface area contributed by atoms with Gasteiger partial charge in [0, 0.05) is 17.6 Å². The molecule has 11 heteroatoms. The number of methoxy groups -OCH3 is 1. The molecule has 0 saturated heterocycles. The Bertz CT molecular complexity index is 1150. The molecule has 0 aliphatic heterocycles. The number of nitrogens with zero attached hydrogens (tertiary/aromatic N) is 2. The lowest BCUT2D eigenvalue weighted by atomic mass is 10.2. The molecule has 0 aliphatic rings. The number of ether oxygens (including phenoxy) is 2. The second-order valence-corrected chi connectivity index (χ2v) is 7.56. The second-order valence-electron chi connectivity index (χ2n) is 5.12. The van der Waals surface area contributed by atoms with Crippen LogP contribution < -0.4 is 15.4 Å². The summed E-state index contributed by atoms with van der Waals surface area (Å²) in [5.41, 5.74) is -0.128. The van der Waals surface area contributed by atoms with Gasteiger partial charge in [0.2, 0.25) is 10.0 Å². The van der Waals surface area contributed by atoms with Crippen molar-refractivity contribution >= 4 is 32.3 Å². The van der Waals surface area contributed by atoms with Gasteiger partial charge in [0.15, 0.2) is 4.96 Å². The summed E-state index contributed by atoms with van der Waals surface area (Å²) in [4.78, 5) is 28.7. The Kier molecular flexibility index (Phi) is 4.76. The molecule has 0 radical (unpaired) electrons. The SMILES string of the molecule is COc1ccc(S(N)(=O)=O)cc1C(=O)OCc1cc(=O)n2ccsc2n1. The maximum Gasteiger partial charge on any atom is 0.342 e. The van der Waals surface area contributed by atoms with Gasteiger partial charge in [0.1, 0.15) is 17.9 Å². The molecule has 0 bridgehead atoms. The maximum atomic E-state index is 12.3. The Balaban J connectivity index is 1.86. The van der Waals surface area contributed by atoms with Crippen LogP contribution in [0.4, 0.5) is 0 Å². The van der Waals surface area contributed by atoms with Crippen LogP contribution in [-0.2, 0) is 21.4 Å². The van der Waals surface area contributed by atoms with E-state index < -0.39 is 16.0 Å². The number of thiazole rings is 1. The second kappa shape index (κ2) is 6.86. The lowest BCUT2D eigenvalue weighted by Gasteiger charge is -2.10. The van der Waals surface area contributed by atoms with E-state index >= 15 is 0 Å². The van der Waals surface area contributed by atoms with E-state index in [-0.39, 0.29) is 34.1 Å². The number of carbonyl (C=O) groups is 1. The summed E-state index contributed by atoms with van der Waals surface area (Å²) in [6, 6.07) is 4.85. The van der Waals surface area contributed by atoms with E-state index in [4.69, 9.17) is 14.6 Å². The summed E-state index contributed by atoms with van der Waals surface area (Å²) in [5.74, 6) is -0.704. The molecule has 0 aliphatic carbocycles. The third kappa shape index (κ3) is 3.59. The number of hydrogen-bond acceptors (Lipinski definition) is 8. The van der Waals surface area contributed by atoms with Gasteiger partial charge in [-0.2, -0.15) is 0 Å². The van der Waals surface area contributed by atoms with Gasteiger partial charge in [-0.05, 0) is 18.2 Å². The number of hydrogen-bond donors (Lipinski definition) is 1. The largest absolute Gasteiger partial charge is 0.496 e. The summed E-state index contributed by atoms with van der Waals surface area (Å²) in [7, 11) is -2.66. The minimum Gasteiger partial charge on any atom is -0.496 e. The first-order valence-corrected chi connectivity index (χ1v) is 9.56. The van der Waals surface area contributed by atoms with Gasteiger partial charge in [-0.3, -0.25) is 9.20 Å². The number of esters is 1. The van der Waals surface area contributed by atoms with E-state index in [2.05, 4.69) is 4.98 Å². The molecule has 3 rings (SSSR count). The Hall–Kier alpha value is -2.76.